The molecule has 24 heavy (non-hydrogen) atoms. The van der Waals surface area contributed by atoms with Crippen LogP contribution >= 0.6 is 0 Å². The molecule has 4 rings (SSSR count). The first-order valence-corrected chi connectivity index (χ1v) is 10.5. The largest absolute Gasteiger partial charge is 0.341 e. The van der Waals surface area contributed by atoms with Gasteiger partial charge in [0, 0.05) is 19.0 Å². The summed E-state index contributed by atoms with van der Waals surface area (Å²) in [5.41, 5.74) is 0.842. The zero-order valence-electron chi connectivity index (χ0n) is 13.7. The standard InChI is InChI=1S/C19H23NO3S/c21-19(17-13-14-6-7-16(17)12-14)20-9-8-18(24(22,23)11-10-20)15-4-2-1-3-5-15/h1-7,14,16-18H,8-13H2/t14-,16-,17+,18-/m0/s1. The van der Waals surface area contributed by atoms with Gasteiger partial charge < -0.3 is 4.90 Å². The van der Waals surface area contributed by atoms with Crippen molar-refractivity contribution in [3.05, 3.63) is 48.0 Å². The summed E-state index contributed by atoms with van der Waals surface area (Å²) in [6.45, 7) is 0.872. The molecule has 1 saturated carbocycles. The minimum Gasteiger partial charge on any atom is -0.341 e. The first kappa shape index (κ1) is 15.9. The molecule has 1 aromatic rings. The van der Waals surface area contributed by atoms with Crippen molar-refractivity contribution in [2.24, 2.45) is 17.8 Å². The van der Waals surface area contributed by atoms with Crippen molar-refractivity contribution in [1.29, 1.82) is 0 Å². The van der Waals surface area contributed by atoms with E-state index >= 15 is 0 Å². The molecule has 3 aliphatic rings. The van der Waals surface area contributed by atoms with Crippen LogP contribution in [0.25, 0.3) is 0 Å². The van der Waals surface area contributed by atoms with Crippen LogP contribution in [-0.2, 0) is 14.6 Å². The highest BCUT2D eigenvalue weighted by atomic mass is 32.2. The molecule has 1 heterocycles. The fourth-order valence-corrected chi connectivity index (χ4v) is 6.30. The monoisotopic (exact) mass is 345 g/mol. The third kappa shape index (κ3) is 2.79. The molecule has 1 aliphatic heterocycles. The van der Waals surface area contributed by atoms with Crippen LogP contribution in [0, 0.1) is 17.8 Å². The molecule has 1 aromatic carbocycles. The van der Waals surface area contributed by atoms with Crippen LogP contribution in [0.2, 0.25) is 0 Å². The second-order valence-corrected chi connectivity index (χ2v) is 9.57. The van der Waals surface area contributed by atoms with Gasteiger partial charge in [-0.15, -0.1) is 0 Å². The molecule has 2 bridgehead atoms. The molecule has 4 atom stereocenters. The molecule has 0 N–H and O–H groups in total. The number of carbonyl (C=O) groups excluding carboxylic acids is 1. The molecule has 0 radical (unpaired) electrons. The number of fused-ring (bicyclic) bond motifs is 2. The molecule has 5 heteroatoms. The quantitative estimate of drug-likeness (QED) is 0.774. The predicted octanol–water partition coefficient (Wildman–Crippen LogP) is 2.59. The smallest absolute Gasteiger partial charge is 0.226 e. The lowest BCUT2D eigenvalue weighted by Crippen LogP contribution is -2.39. The van der Waals surface area contributed by atoms with E-state index in [4.69, 9.17) is 0 Å². The van der Waals surface area contributed by atoms with Gasteiger partial charge in [-0.1, -0.05) is 42.5 Å². The molecule has 0 spiro atoms. The van der Waals surface area contributed by atoms with E-state index in [2.05, 4.69) is 12.2 Å². The molecule has 2 fully saturated rings. The maximum Gasteiger partial charge on any atom is 0.226 e. The van der Waals surface area contributed by atoms with E-state index in [1.807, 2.05) is 30.3 Å². The summed E-state index contributed by atoms with van der Waals surface area (Å²) >= 11 is 0. The van der Waals surface area contributed by atoms with Gasteiger partial charge in [0.25, 0.3) is 0 Å². The second-order valence-electron chi connectivity index (χ2n) is 7.27. The maximum absolute atomic E-state index is 12.9. The first-order valence-electron chi connectivity index (χ1n) is 8.78. The van der Waals surface area contributed by atoms with Crippen molar-refractivity contribution in [1.82, 2.24) is 4.90 Å². The Morgan fingerprint density at radius 3 is 2.50 bits per heavy atom. The molecule has 0 aromatic heterocycles. The van der Waals surface area contributed by atoms with Crippen molar-refractivity contribution in [3.8, 4) is 0 Å². The van der Waals surface area contributed by atoms with Gasteiger partial charge in [-0.2, -0.15) is 0 Å². The topological polar surface area (TPSA) is 54.5 Å². The number of amides is 1. The van der Waals surface area contributed by atoms with Gasteiger partial charge >= 0.3 is 0 Å². The van der Waals surface area contributed by atoms with Crippen molar-refractivity contribution in [2.75, 3.05) is 18.8 Å². The molecular weight excluding hydrogens is 322 g/mol. The van der Waals surface area contributed by atoms with Gasteiger partial charge in [0.15, 0.2) is 9.84 Å². The lowest BCUT2D eigenvalue weighted by molar-refractivity contribution is -0.136. The van der Waals surface area contributed by atoms with Crippen LogP contribution in [0.15, 0.2) is 42.5 Å². The summed E-state index contributed by atoms with van der Waals surface area (Å²) < 4.78 is 25.3. The number of benzene rings is 1. The van der Waals surface area contributed by atoms with Crippen molar-refractivity contribution < 1.29 is 13.2 Å². The Bertz CT molecular complexity index is 756. The minimum atomic E-state index is -3.22. The number of carbonyl (C=O) groups is 1. The van der Waals surface area contributed by atoms with Crippen LogP contribution < -0.4 is 0 Å². The molecule has 1 amide bonds. The fraction of sp³-hybridized carbons (Fsp3) is 0.526. The van der Waals surface area contributed by atoms with E-state index in [1.54, 1.807) is 4.90 Å². The van der Waals surface area contributed by atoms with E-state index < -0.39 is 15.1 Å². The Kier molecular flexibility index (Phi) is 3.99. The highest BCUT2D eigenvalue weighted by Gasteiger charge is 2.42. The lowest BCUT2D eigenvalue weighted by Gasteiger charge is -2.26. The van der Waals surface area contributed by atoms with Crippen LogP contribution in [0.3, 0.4) is 0 Å². The molecular formula is C19H23NO3S. The zero-order chi connectivity index (χ0) is 16.7. The van der Waals surface area contributed by atoms with Gasteiger partial charge in [0.05, 0.1) is 11.0 Å². The van der Waals surface area contributed by atoms with Gasteiger partial charge in [-0.05, 0) is 36.7 Å². The van der Waals surface area contributed by atoms with Crippen LogP contribution in [0.4, 0.5) is 0 Å². The fourth-order valence-electron chi connectivity index (χ4n) is 4.51. The summed E-state index contributed by atoms with van der Waals surface area (Å²) in [5, 5.41) is -0.489. The molecule has 128 valence electrons. The van der Waals surface area contributed by atoms with Crippen LogP contribution in [-0.4, -0.2) is 38.1 Å². The molecule has 0 unspecified atom stereocenters. The van der Waals surface area contributed by atoms with E-state index in [9.17, 15) is 13.2 Å². The summed E-state index contributed by atoms with van der Waals surface area (Å²) in [5.74, 6) is 1.21. The SMILES string of the molecule is O=C([C@@H]1C[C@H]2C=C[C@H]1C2)N1CC[C@@H](c2ccccc2)S(=O)(=O)CC1. The number of allylic oxidation sites excluding steroid dienone is 2. The van der Waals surface area contributed by atoms with Gasteiger partial charge in [-0.25, -0.2) is 8.42 Å². The number of nitrogens with zero attached hydrogens (tertiary/aromatic N) is 1. The van der Waals surface area contributed by atoms with Crippen molar-refractivity contribution in [3.63, 3.8) is 0 Å². The molecule has 2 aliphatic carbocycles. The van der Waals surface area contributed by atoms with Crippen LogP contribution in [0.1, 0.15) is 30.1 Å². The lowest BCUT2D eigenvalue weighted by atomic mass is 9.92. The third-order valence-corrected chi connectivity index (χ3v) is 7.95. The Morgan fingerprint density at radius 2 is 1.83 bits per heavy atom. The van der Waals surface area contributed by atoms with E-state index in [-0.39, 0.29) is 17.6 Å². The van der Waals surface area contributed by atoms with Crippen LogP contribution in [0.5, 0.6) is 0 Å². The average molecular weight is 345 g/mol. The minimum absolute atomic E-state index is 0.0644. The average Bonchev–Trinajstić information content (AvgIpc) is 3.17. The zero-order valence-corrected chi connectivity index (χ0v) is 14.5. The van der Waals surface area contributed by atoms with Gasteiger partial charge in [0.2, 0.25) is 5.91 Å². The second kappa shape index (κ2) is 6.03. The normalized spacial score (nSPS) is 34.2. The maximum atomic E-state index is 12.9. The van der Waals surface area contributed by atoms with Gasteiger partial charge in [-0.3, -0.25) is 4.79 Å². The summed E-state index contributed by atoms with van der Waals surface area (Å²) in [6.07, 6.45) is 6.93. The highest BCUT2D eigenvalue weighted by molar-refractivity contribution is 7.91. The van der Waals surface area contributed by atoms with E-state index in [0.29, 0.717) is 31.3 Å². The van der Waals surface area contributed by atoms with E-state index in [1.165, 1.54) is 0 Å². The number of hydrogen-bond acceptors (Lipinski definition) is 3. The third-order valence-electron chi connectivity index (χ3n) is 5.82. The number of rotatable bonds is 2. The molecule has 1 saturated heterocycles. The van der Waals surface area contributed by atoms with Crippen molar-refractivity contribution in [2.45, 2.75) is 24.5 Å². The molecule has 4 nitrogen and oxygen atoms in total. The number of hydrogen-bond donors (Lipinski definition) is 0. The van der Waals surface area contributed by atoms with Gasteiger partial charge in [0.1, 0.15) is 0 Å². The highest BCUT2D eigenvalue weighted by Crippen LogP contribution is 2.44. The Morgan fingerprint density at radius 1 is 1.04 bits per heavy atom. The summed E-state index contributed by atoms with van der Waals surface area (Å²) in [4.78, 5) is 14.7. The number of sulfone groups is 1. The summed E-state index contributed by atoms with van der Waals surface area (Å²) in [7, 11) is -3.22. The Labute approximate surface area is 143 Å². The first-order chi connectivity index (χ1) is 11.5. The Hall–Kier alpha value is -1.62. The summed E-state index contributed by atoms with van der Waals surface area (Å²) in [6, 6.07) is 9.40. The Balaban J connectivity index is 1.51. The predicted molar refractivity (Wildman–Crippen MR) is 93.0 cm³/mol. The van der Waals surface area contributed by atoms with Crippen molar-refractivity contribution >= 4 is 15.7 Å². The van der Waals surface area contributed by atoms with E-state index in [0.717, 1.165) is 18.4 Å².